The largest absolute Gasteiger partial charge is 0.381 e. The lowest BCUT2D eigenvalue weighted by Crippen LogP contribution is -2.70. The van der Waals surface area contributed by atoms with Gasteiger partial charge in [-0.1, -0.05) is 0 Å². The molecule has 4 aliphatic carbocycles. The van der Waals surface area contributed by atoms with E-state index in [1.54, 1.807) is 0 Å². The predicted octanol–water partition coefficient (Wildman–Crippen LogP) is 2.25. The molecule has 114 valence electrons. The Bertz CT molecular complexity index is 334. The number of likely N-dealkylation sites (tertiary alicyclic amines) is 1. The summed E-state index contributed by atoms with van der Waals surface area (Å²) in [7, 11) is 1.86. The highest BCUT2D eigenvalue weighted by Gasteiger charge is 2.58. The molecule has 0 aromatic carbocycles. The molecule has 5 fully saturated rings. The van der Waals surface area contributed by atoms with E-state index in [1.165, 1.54) is 58.0 Å². The van der Waals surface area contributed by atoms with Crippen LogP contribution in [0.1, 0.15) is 44.9 Å². The molecule has 1 heterocycles. The Morgan fingerprint density at radius 1 is 1.00 bits per heavy atom. The summed E-state index contributed by atoms with van der Waals surface area (Å²) in [6.07, 6.45) is 10.3. The van der Waals surface area contributed by atoms with Crippen LogP contribution in [-0.2, 0) is 4.74 Å². The maximum atomic E-state index is 6.41. The second-order valence-corrected chi connectivity index (χ2v) is 7.92. The molecule has 2 N–H and O–H groups in total. The fourth-order valence-electron chi connectivity index (χ4n) is 6.49. The summed E-state index contributed by atoms with van der Waals surface area (Å²) in [5, 5.41) is 0. The van der Waals surface area contributed by atoms with Gasteiger partial charge in [-0.05, 0) is 68.6 Å². The number of nitrogens with two attached hydrogens (primary N) is 1. The van der Waals surface area contributed by atoms with E-state index in [9.17, 15) is 0 Å². The van der Waals surface area contributed by atoms with Crippen molar-refractivity contribution in [2.75, 3.05) is 26.7 Å². The number of hydrogen-bond donors (Lipinski definition) is 1. The van der Waals surface area contributed by atoms with Gasteiger partial charge in [0.15, 0.2) is 0 Å². The van der Waals surface area contributed by atoms with Gasteiger partial charge < -0.3 is 10.5 Å². The van der Waals surface area contributed by atoms with Crippen LogP contribution in [0.2, 0.25) is 0 Å². The van der Waals surface area contributed by atoms with Crippen LogP contribution in [0.3, 0.4) is 0 Å². The molecule has 0 atom stereocenters. The molecule has 5 aliphatic rings. The number of nitrogens with zero attached hydrogens (tertiary/aromatic N) is 1. The van der Waals surface area contributed by atoms with E-state index >= 15 is 0 Å². The summed E-state index contributed by atoms with van der Waals surface area (Å²) >= 11 is 0. The number of piperidine rings is 1. The van der Waals surface area contributed by atoms with Crippen LogP contribution in [0, 0.1) is 23.7 Å². The van der Waals surface area contributed by atoms with Crippen LogP contribution in [0.5, 0.6) is 0 Å². The summed E-state index contributed by atoms with van der Waals surface area (Å²) < 4.78 is 5.55. The fraction of sp³-hybridized carbons (Fsp3) is 1.00. The molecule has 4 saturated carbocycles. The van der Waals surface area contributed by atoms with Gasteiger partial charge in [0.05, 0.1) is 6.10 Å². The highest BCUT2D eigenvalue weighted by molar-refractivity contribution is 5.13. The molecule has 3 heteroatoms. The minimum Gasteiger partial charge on any atom is -0.381 e. The zero-order chi connectivity index (χ0) is 13.7. The molecule has 0 aromatic rings. The fourth-order valence-corrected chi connectivity index (χ4v) is 6.49. The van der Waals surface area contributed by atoms with Gasteiger partial charge in [0.1, 0.15) is 0 Å². The molecule has 0 unspecified atom stereocenters. The third-order valence-electron chi connectivity index (χ3n) is 7.24. The Labute approximate surface area is 123 Å². The summed E-state index contributed by atoms with van der Waals surface area (Å²) in [5.41, 5.74) is 6.77. The van der Waals surface area contributed by atoms with Crippen molar-refractivity contribution in [3.8, 4) is 0 Å². The first-order valence-corrected chi connectivity index (χ1v) is 8.74. The van der Waals surface area contributed by atoms with E-state index in [1.807, 2.05) is 7.11 Å². The molecule has 0 spiro atoms. The summed E-state index contributed by atoms with van der Waals surface area (Å²) in [6, 6.07) is 0. The molecule has 0 amide bonds. The lowest BCUT2D eigenvalue weighted by Gasteiger charge is -2.65. The predicted molar refractivity (Wildman–Crippen MR) is 80.4 cm³/mol. The second kappa shape index (κ2) is 4.96. The molecular formula is C17H30N2O. The Kier molecular flexibility index (Phi) is 3.36. The van der Waals surface area contributed by atoms with E-state index in [2.05, 4.69) is 4.90 Å². The average Bonchev–Trinajstić information content (AvgIpc) is 2.48. The Morgan fingerprint density at radius 3 is 2.00 bits per heavy atom. The molecule has 1 saturated heterocycles. The van der Waals surface area contributed by atoms with Gasteiger partial charge in [-0.25, -0.2) is 0 Å². The van der Waals surface area contributed by atoms with Crippen LogP contribution in [0.25, 0.3) is 0 Å². The van der Waals surface area contributed by atoms with Crippen molar-refractivity contribution < 1.29 is 4.74 Å². The molecule has 5 rings (SSSR count). The SMILES string of the molecule is COC1CCN(C2(CN)C3CC4CC(C3)CC2C4)CC1. The lowest BCUT2D eigenvalue weighted by molar-refractivity contribution is -0.143. The van der Waals surface area contributed by atoms with Gasteiger partial charge in [0, 0.05) is 32.3 Å². The highest BCUT2D eigenvalue weighted by Crippen LogP contribution is 2.60. The molecule has 3 nitrogen and oxygen atoms in total. The summed E-state index contributed by atoms with van der Waals surface area (Å²) in [4.78, 5) is 2.80. The van der Waals surface area contributed by atoms with Gasteiger partial charge in [-0.2, -0.15) is 0 Å². The molecule has 20 heavy (non-hydrogen) atoms. The van der Waals surface area contributed by atoms with E-state index in [-0.39, 0.29) is 0 Å². The number of methoxy groups -OCH3 is 1. The molecule has 1 aliphatic heterocycles. The van der Waals surface area contributed by atoms with Crippen molar-refractivity contribution in [1.82, 2.24) is 4.90 Å². The Morgan fingerprint density at radius 2 is 1.55 bits per heavy atom. The normalized spacial score (nSPS) is 48.9. The van der Waals surface area contributed by atoms with Crippen molar-refractivity contribution in [2.24, 2.45) is 29.4 Å². The molecule has 0 aromatic heterocycles. The van der Waals surface area contributed by atoms with E-state index < -0.39 is 0 Å². The molecule has 4 bridgehead atoms. The van der Waals surface area contributed by atoms with Gasteiger partial charge in [0.2, 0.25) is 0 Å². The molecular weight excluding hydrogens is 248 g/mol. The first kappa shape index (κ1) is 13.5. The van der Waals surface area contributed by atoms with Crippen molar-refractivity contribution >= 4 is 0 Å². The molecule has 0 radical (unpaired) electrons. The number of ether oxygens (including phenoxy) is 1. The van der Waals surface area contributed by atoms with Crippen molar-refractivity contribution in [3.63, 3.8) is 0 Å². The average molecular weight is 278 g/mol. The third kappa shape index (κ3) is 1.82. The van der Waals surface area contributed by atoms with Gasteiger partial charge in [-0.15, -0.1) is 0 Å². The van der Waals surface area contributed by atoms with Gasteiger partial charge >= 0.3 is 0 Å². The summed E-state index contributed by atoms with van der Waals surface area (Å²) in [6.45, 7) is 3.30. The smallest absolute Gasteiger partial charge is 0.0595 e. The topological polar surface area (TPSA) is 38.5 Å². The Balaban J connectivity index is 1.57. The standard InChI is InChI=1S/C17H30N2O/c1-20-16-2-4-19(5-3-16)17(11-18)14-7-12-6-13(9-14)10-15(17)8-12/h12-16H,2-11,18H2,1H3. The zero-order valence-corrected chi connectivity index (χ0v) is 12.9. The van der Waals surface area contributed by atoms with Crippen LogP contribution in [0.4, 0.5) is 0 Å². The van der Waals surface area contributed by atoms with Crippen molar-refractivity contribution in [3.05, 3.63) is 0 Å². The van der Waals surface area contributed by atoms with E-state index in [0.717, 1.165) is 30.2 Å². The third-order valence-corrected chi connectivity index (χ3v) is 7.24. The van der Waals surface area contributed by atoms with E-state index in [0.29, 0.717) is 11.6 Å². The zero-order valence-electron chi connectivity index (χ0n) is 12.9. The quantitative estimate of drug-likeness (QED) is 0.860. The van der Waals surface area contributed by atoms with Crippen LogP contribution >= 0.6 is 0 Å². The van der Waals surface area contributed by atoms with Gasteiger partial charge in [0.25, 0.3) is 0 Å². The minimum absolute atomic E-state index is 0.353. The van der Waals surface area contributed by atoms with Crippen LogP contribution in [-0.4, -0.2) is 43.3 Å². The van der Waals surface area contributed by atoms with Crippen molar-refractivity contribution in [1.29, 1.82) is 0 Å². The maximum absolute atomic E-state index is 6.41. The van der Waals surface area contributed by atoms with Crippen LogP contribution in [0.15, 0.2) is 0 Å². The van der Waals surface area contributed by atoms with Crippen LogP contribution < -0.4 is 5.73 Å². The monoisotopic (exact) mass is 278 g/mol. The second-order valence-electron chi connectivity index (χ2n) is 7.92. The lowest BCUT2D eigenvalue weighted by atomic mass is 9.48. The Hall–Kier alpha value is -0.120. The maximum Gasteiger partial charge on any atom is 0.0595 e. The first-order valence-electron chi connectivity index (χ1n) is 8.74. The number of hydrogen-bond acceptors (Lipinski definition) is 3. The number of rotatable bonds is 3. The van der Waals surface area contributed by atoms with E-state index in [4.69, 9.17) is 10.5 Å². The first-order chi connectivity index (χ1) is 9.76. The van der Waals surface area contributed by atoms with Crippen molar-refractivity contribution in [2.45, 2.75) is 56.6 Å². The van der Waals surface area contributed by atoms with Gasteiger partial charge in [-0.3, -0.25) is 4.90 Å². The highest BCUT2D eigenvalue weighted by atomic mass is 16.5. The minimum atomic E-state index is 0.353. The summed E-state index contributed by atoms with van der Waals surface area (Å²) in [5.74, 6) is 3.85.